The lowest BCUT2D eigenvalue weighted by Crippen LogP contribution is -2.33. The Bertz CT molecular complexity index is 2300. The number of hydrogen-bond acceptors (Lipinski definition) is 7. The lowest BCUT2D eigenvalue weighted by Gasteiger charge is -2.39. The van der Waals surface area contributed by atoms with Crippen LogP contribution in [0.1, 0.15) is 63.0 Å². The van der Waals surface area contributed by atoms with Crippen LogP contribution in [0, 0.1) is 0 Å². The fraction of sp³-hybridized carbons (Fsp3) is 0.295. The molecule has 0 saturated carbocycles. The van der Waals surface area contributed by atoms with Gasteiger partial charge in [-0.1, -0.05) is 48.5 Å². The van der Waals surface area contributed by atoms with Crippen LogP contribution in [0.5, 0.6) is 28.7 Å². The second-order valence-corrected chi connectivity index (χ2v) is 14.3. The Hall–Kier alpha value is -5.27. The van der Waals surface area contributed by atoms with Crippen LogP contribution in [0.2, 0.25) is 0 Å². The molecule has 5 aromatic carbocycles. The number of hydrogen-bond donors (Lipinski definition) is 3. The SMILES string of the molecule is COc1cc(C2Oc3c(c4c(c5c3CCCO5)-c3ccc(O)cc3C(Cc3ccc5c(c3)=CCN=5)C4)CC2O)cc(CCc2ccccc2)c1O. The molecule has 3 atom stereocenters. The number of phenolic OH excluding ortho intramolecular Hbond substituents is 2. The number of nitrogens with zero attached hydrogens (tertiary/aromatic N) is 1. The van der Waals surface area contributed by atoms with Gasteiger partial charge in [0, 0.05) is 23.1 Å². The fourth-order valence-corrected chi connectivity index (χ4v) is 8.69. The maximum Gasteiger partial charge on any atom is 0.161 e. The van der Waals surface area contributed by atoms with Crippen molar-refractivity contribution in [1.29, 1.82) is 0 Å². The number of aliphatic hydroxyl groups excluding tert-OH is 1. The van der Waals surface area contributed by atoms with E-state index in [1.807, 2.05) is 36.4 Å². The monoisotopic (exact) mass is 679 g/mol. The van der Waals surface area contributed by atoms with Gasteiger partial charge < -0.3 is 29.5 Å². The molecular weight excluding hydrogens is 638 g/mol. The summed E-state index contributed by atoms with van der Waals surface area (Å²) in [4.78, 5) is 4.57. The number of methoxy groups -OCH3 is 1. The van der Waals surface area contributed by atoms with E-state index in [1.54, 1.807) is 19.2 Å². The quantitative estimate of drug-likeness (QED) is 0.189. The van der Waals surface area contributed by atoms with Crippen molar-refractivity contribution in [2.75, 3.05) is 20.3 Å². The minimum absolute atomic E-state index is 0.102. The van der Waals surface area contributed by atoms with Crippen molar-refractivity contribution in [1.82, 2.24) is 0 Å². The first-order chi connectivity index (χ1) is 24.9. The smallest absolute Gasteiger partial charge is 0.161 e. The summed E-state index contributed by atoms with van der Waals surface area (Å²) in [5.41, 5.74) is 10.4. The first-order valence-corrected chi connectivity index (χ1v) is 18.0. The highest BCUT2D eigenvalue weighted by Crippen LogP contribution is 2.55. The first kappa shape index (κ1) is 31.7. The number of fused-ring (bicyclic) bond motifs is 9. The molecular formula is C44H41NO6. The Kier molecular flexibility index (Phi) is 7.96. The van der Waals surface area contributed by atoms with E-state index >= 15 is 0 Å². The molecule has 0 saturated heterocycles. The summed E-state index contributed by atoms with van der Waals surface area (Å²) in [5, 5.41) is 35.9. The van der Waals surface area contributed by atoms with Gasteiger partial charge in [0.25, 0.3) is 0 Å². The van der Waals surface area contributed by atoms with Crippen molar-refractivity contribution in [2.24, 2.45) is 4.99 Å². The maximum atomic E-state index is 11.9. The zero-order valence-corrected chi connectivity index (χ0v) is 28.7. The summed E-state index contributed by atoms with van der Waals surface area (Å²) in [5.74, 6) is 2.51. The molecule has 0 spiro atoms. The van der Waals surface area contributed by atoms with Crippen molar-refractivity contribution >= 4 is 6.08 Å². The normalized spacial score (nSPS) is 19.5. The molecule has 7 heteroatoms. The molecule has 0 bridgehead atoms. The molecule has 5 aromatic rings. The lowest BCUT2D eigenvalue weighted by atomic mass is 9.72. The number of aliphatic hydroxyl groups is 1. The van der Waals surface area contributed by atoms with Gasteiger partial charge in [-0.2, -0.15) is 0 Å². The van der Waals surface area contributed by atoms with Gasteiger partial charge in [0.1, 0.15) is 23.4 Å². The van der Waals surface area contributed by atoms with Gasteiger partial charge in [0.15, 0.2) is 11.5 Å². The van der Waals surface area contributed by atoms with Gasteiger partial charge in [-0.25, -0.2) is 0 Å². The van der Waals surface area contributed by atoms with Gasteiger partial charge in [0.2, 0.25) is 0 Å². The highest BCUT2D eigenvalue weighted by atomic mass is 16.5. The molecule has 7 nitrogen and oxygen atoms in total. The zero-order chi connectivity index (χ0) is 34.6. The van der Waals surface area contributed by atoms with Gasteiger partial charge >= 0.3 is 0 Å². The van der Waals surface area contributed by atoms with Gasteiger partial charge in [-0.05, 0) is 125 Å². The predicted molar refractivity (Wildman–Crippen MR) is 196 cm³/mol. The first-order valence-electron chi connectivity index (χ1n) is 18.0. The molecule has 258 valence electrons. The van der Waals surface area contributed by atoms with E-state index in [1.165, 1.54) is 16.3 Å². The Morgan fingerprint density at radius 2 is 1.75 bits per heavy atom. The summed E-state index contributed by atoms with van der Waals surface area (Å²) < 4.78 is 19.1. The van der Waals surface area contributed by atoms with Crippen molar-refractivity contribution in [3.05, 3.63) is 134 Å². The minimum atomic E-state index is -0.823. The molecule has 4 aliphatic rings. The van der Waals surface area contributed by atoms with Crippen molar-refractivity contribution in [3.8, 4) is 39.9 Å². The third-order valence-electron chi connectivity index (χ3n) is 11.1. The van der Waals surface area contributed by atoms with E-state index in [0.717, 1.165) is 100 Å². The van der Waals surface area contributed by atoms with Crippen molar-refractivity contribution < 1.29 is 29.5 Å². The Labute approximate surface area is 297 Å². The summed E-state index contributed by atoms with van der Waals surface area (Å²) in [7, 11) is 1.55. The predicted octanol–water partition coefficient (Wildman–Crippen LogP) is 6.22. The molecule has 3 aliphatic heterocycles. The average molecular weight is 680 g/mol. The van der Waals surface area contributed by atoms with E-state index in [9.17, 15) is 15.3 Å². The molecule has 51 heavy (non-hydrogen) atoms. The standard InChI is InChI=1S/C44H41NO6/c1-49-39-22-30(20-28(41(39)48)11-9-25-6-3-2-4-7-25)42-38(47)24-36-35-21-29(19-26-10-14-37-27(18-26)15-16-45-37)34-23-31(46)12-13-32(34)40(35)44-33(43(36)51-42)8-5-17-50-44/h2-4,6-7,10,12-15,18,20,22-23,29,38,42,46-48H,5,8-9,11,16-17,19,21,24H2,1H3. The molecule has 0 radical (unpaired) electrons. The second-order valence-electron chi connectivity index (χ2n) is 14.3. The summed E-state index contributed by atoms with van der Waals surface area (Å²) in [6, 6.07) is 26.2. The highest BCUT2D eigenvalue weighted by molar-refractivity contribution is 5.85. The van der Waals surface area contributed by atoms with Crippen molar-refractivity contribution in [2.45, 2.75) is 63.1 Å². The zero-order valence-electron chi connectivity index (χ0n) is 28.7. The topological polar surface area (TPSA) is 101 Å². The molecule has 1 aliphatic carbocycles. The average Bonchev–Trinajstić information content (AvgIpc) is 3.63. The number of aromatic hydroxyl groups is 2. The van der Waals surface area contributed by atoms with E-state index in [4.69, 9.17) is 14.2 Å². The van der Waals surface area contributed by atoms with Crippen LogP contribution in [0.4, 0.5) is 0 Å². The molecule has 9 rings (SSSR count). The number of phenols is 2. The fourth-order valence-electron chi connectivity index (χ4n) is 8.69. The van der Waals surface area contributed by atoms with E-state index < -0.39 is 12.2 Å². The van der Waals surface area contributed by atoms with Gasteiger partial charge in [0.05, 0.1) is 31.7 Å². The van der Waals surface area contributed by atoms with Gasteiger partial charge in [-0.3, -0.25) is 4.99 Å². The summed E-state index contributed by atoms with van der Waals surface area (Å²) in [6.07, 6.45) is 5.70. The van der Waals surface area contributed by atoms with Crippen LogP contribution in [0.15, 0.2) is 83.9 Å². The maximum absolute atomic E-state index is 11.9. The van der Waals surface area contributed by atoms with Gasteiger partial charge in [-0.15, -0.1) is 0 Å². The molecule has 0 fully saturated rings. The Morgan fingerprint density at radius 1 is 0.863 bits per heavy atom. The number of ether oxygens (including phenoxy) is 3. The summed E-state index contributed by atoms with van der Waals surface area (Å²) >= 11 is 0. The van der Waals surface area contributed by atoms with E-state index in [2.05, 4.69) is 41.4 Å². The van der Waals surface area contributed by atoms with Crippen molar-refractivity contribution in [3.63, 3.8) is 0 Å². The minimum Gasteiger partial charge on any atom is -0.508 e. The van der Waals surface area contributed by atoms with Crippen LogP contribution in [-0.4, -0.2) is 41.7 Å². The number of rotatable bonds is 7. The van der Waals surface area contributed by atoms with E-state index in [-0.39, 0.29) is 17.4 Å². The van der Waals surface area contributed by atoms with Crippen LogP contribution in [0.25, 0.3) is 17.2 Å². The molecule has 3 heterocycles. The molecule has 0 aromatic heterocycles. The third-order valence-corrected chi connectivity index (χ3v) is 11.1. The van der Waals surface area contributed by atoms with Crippen LogP contribution < -0.4 is 24.8 Å². The molecule has 3 N–H and O–H groups in total. The second kappa shape index (κ2) is 12.8. The van der Waals surface area contributed by atoms with Crippen LogP contribution in [0.3, 0.4) is 0 Å². The Balaban J connectivity index is 1.12. The lowest BCUT2D eigenvalue weighted by molar-refractivity contribution is 0.0190. The molecule has 3 unspecified atom stereocenters. The Morgan fingerprint density at radius 3 is 2.61 bits per heavy atom. The summed E-state index contributed by atoms with van der Waals surface area (Å²) in [6.45, 7) is 1.34. The van der Waals surface area contributed by atoms with Crippen LogP contribution >= 0.6 is 0 Å². The third kappa shape index (κ3) is 5.60. The highest BCUT2D eigenvalue weighted by Gasteiger charge is 2.40. The van der Waals surface area contributed by atoms with Crippen LogP contribution in [-0.2, 0) is 38.5 Å². The largest absolute Gasteiger partial charge is 0.508 e. The molecule has 0 amide bonds. The van der Waals surface area contributed by atoms with E-state index in [0.29, 0.717) is 25.2 Å². The number of aryl methyl sites for hydroxylation is 2. The number of benzene rings is 5.